The molecule has 3 aromatic heterocycles. The van der Waals surface area contributed by atoms with Gasteiger partial charge in [-0.1, -0.05) is 13.0 Å². The molecule has 1 aliphatic heterocycles. The number of halogens is 2. The van der Waals surface area contributed by atoms with Crippen LogP contribution in [0.2, 0.25) is 0 Å². The number of aromatic nitrogens is 5. The van der Waals surface area contributed by atoms with Crippen molar-refractivity contribution >= 4 is 50.2 Å². The second-order valence-corrected chi connectivity index (χ2v) is 11.8. The minimum Gasteiger partial charge on any atom is -0.325 e. The molecule has 10 nitrogen and oxygen atoms in total. The maximum Gasteiger partial charge on any atom is 0.248 e. The molecule has 4 aromatic rings. The van der Waals surface area contributed by atoms with Gasteiger partial charge >= 0.3 is 0 Å². The number of nitrogens with one attached hydrogen (secondary N) is 1. The topological polar surface area (TPSA) is 123 Å². The predicted molar refractivity (Wildman–Crippen MR) is 153 cm³/mol. The van der Waals surface area contributed by atoms with Crippen molar-refractivity contribution < 1.29 is 18.8 Å². The Morgan fingerprint density at radius 3 is 2.59 bits per heavy atom. The first-order valence-corrected chi connectivity index (χ1v) is 14.0. The molecule has 2 amide bonds. The summed E-state index contributed by atoms with van der Waals surface area (Å²) in [6, 6.07) is 7.85. The number of Topliss-reactive ketones (excluding diaryl/α,β-unsaturated/α-hetero) is 1. The van der Waals surface area contributed by atoms with E-state index in [1.165, 1.54) is 11.6 Å². The minimum atomic E-state index is -0.830. The Labute approximate surface area is 243 Å². The van der Waals surface area contributed by atoms with E-state index in [-0.39, 0.29) is 41.3 Å². The van der Waals surface area contributed by atoms with Gasteiger partial charge in [-0.2, -0.15) is 5.10 Å². The average molecular weight is 620 g/mol. The Bertz CT molecular complexity index is 1720. The van der Waals surface area contributed by atoms with Crippen LogP contribution in [0.3, 0.4) is 0 Å². The molecule has 1 N–H and O–H groups in total. The lowest BCUT2D eigenvalue weighted by Gasteiger charge is -2.27. The summed E-state index contributed by atoms with van der Waals surface area (Å²) >= 11 is 3.30. The number of carbonyl (C=O) groups is 3. The van der Waals surface area contributed by atoms with Crippen molar-refractivity contribution in [2.75, 3.05) is 5.32 Å². The molecule has 4 heterocycles. The maximum atomic E-state index is 14.5. The van der Waals surface area contributed by atoms with Crippen LogP contribution in [0.15, 0.2) is 47.3 Å². The largest absolute Gasteiger partial charge is 0.325 e. The molecule has 12 heteroatoms. The van der Waals surface area contributed by atoms with Crippen LogP contribution < -0.4 is 5.32 Å². The lowest BCUT2D eigenvalue weighted by atomic mass is 10.0. The molecule has 1 saturated carbocycles. The zero-order chi connectivity index (χ0) is 29.1. The van der Waals surface area contributed by atoms with Gasteiger partial charge in [0, 0.05) is 41.9 Å². The second-order valence-electron chi connectivity index (χ2n) is 11.0. The molecule has 210 valence electrons. The molecule has 0 radical (unpaired) electrons. The number of aryl methyl sites for hydroxylation is 1. The number of nitrogens with zero attached hydrogens (tertiary/aromatic N) is 6. The van der Waals surface area contributed by atoms with Crippen molar-refractivity contribution in [3.05, 3.63) is 64.4 Å². The summed E-state index contributed by atoms with van der Waals surface area (Å²) in [4.78, 5) is 54.1. The summed E-state index contributed by atoms with van der Waals surface area (Å²) in [5, 5.41) is 7.74. The molecule has 1 unspecified atom stereocenters. The Balaban J connectivity index is 1.34. The van der Waals surface area contributed by atoms with E-state index in [4.69, 9.17) is 0 Å². The van der Waals surface area contributed by atoms with E-state index in [1.54, 1.807) is 54.5 Å². The number of anilines is 1. The van der Waals surface area contributed by atoms with Crippen LogP contribution in [0.25, 0.3) is 22.0 Å². The number of hydrogen-bond donors (Lipinski definition) is 1. The highest BCUT2D eigenvalue weighted by Crippen LogP contribution is 2.59. The van der Waals surface area contributed by atoms with Gasteiger partial charge in [0.05, 0.1) is 5.52 Å². The van der Waals surface area contributed by atoms with Crippen molar-refractivity contribution in [3.63, 3.8) is 0 Å². The number of ketones is 1. The molecule has 1 aliphatic carbocycles. The Morgan fingerprint density at radius 1 is 1.15 bits per heavy atom. The first kappa shape index (κ1) is 27.1. The van der Waals surface area contributed by atoms with E-state index in [0.717, 1.165) is 6.42 Å². The van der Waals surface area contributed by atoms with Crippen molar-refractivity contribution in [2.45, 2.75) is 58.9 Å². The quantitative estimate of drug-likeness (QED) is 0.236. The van der Waals surface area contributed by atoms with Crippen LogP contribution in [0.4, 0.5) is 10.2 Å². The van der Waals surface area contributed by atoms with E-state index >= 15 is 0 Å². The number of piperidine rings is 1. The van der Waals surface area contributed by atoms with Gasteiger partial charge in [0.25, 0.3) is 0 Å². The predicted octanol–water partition coefficient (Wildman–Crippen LogP) is 4.65. The van der Waals surface area contributed by atoms with Crippen LogP contribution in [0, 0.1) is 12.3 Å². The monoisotopic (exact) mass is 619 g/mol. The Hall–Kier alpha value is -4.06. The smallest absolute Gasteiger partial charge is 0.248 e. The van der Waals surface area contributed by atoms with Gasteiger partial charge in [-0.3, -0.25) is 19.1 Å². The fraction of sp³-hybridized carbons (Fsp3) is 0.345. The van der Waals surface area contributed by atoms with Gasteiger partial charge in [-0.15, -0.1) is 0 Å². The first-order valence-electron chi connectivity index (χ1n) is 13.2. The summed E-state index contributed by atoms with van der Waals surface area (Å²) in [7, 11) is 0. The molecule has 0 spiro atoms. The van der Waals surface area contributed by atoms with Crippen molar-refractivity contribution in [1.29, 1.82) is 0 Å². The summed E-state index contributed by atoms with van der Waals surface area (Å²) in [5.74, 6) is 0.0392. The lowest BCUT2D eigenvalue weighted by molar-refractivity contribution is -0.138. The number of pyridine rings is 1. The number of rotatable bonds is 7. The number of fused-ring (bicyclic) bond motifs is 2. The standard InChI is InChI=1S/C29H27BrFN7O3/c1-15(39)26-20-8-17(19-12-32-16(2)33-13-19)7-18(11-31)27(20)37(36-26)14-25(40)38-21(9-29(3)10-22(29)38)28(41)35-24-6-4-5-23(30)34-24/h4-8,12-13,21-22H,9-11,14H2,1-3H3,(H,34,35,41)/t21-,22?,29-/m0/s1. The molecular formula is C29H27BrFN7O3. The maximum absolute atomic E-state index is 14.5. The van der Waals surface area contributed by atoms with Crippen molar-refractivity contribution in [3.8, 4) is 11.1 Å². The van der Waals surface area contributed by atoms with Gasteiger partial charge in [-0.05, 0) is 70.9 Å². The molecule has 2 aliphatic rings. The van der Waals surface area contributed by atoms with Crippen LogP contribution in [0.1, 0.15) is 48.6 Å². The number of likely N-dealkylation sites (tertiary alicyclic amines) is 1. The zero-order valence-electron chi connectivity index (χ0n) is 22.7. The van der Waals surface area contributed by atoms with E-state index in [9.17, 15) is 18.8 Å². The average Bonchev–Trinajstić information content (AvgIpc) is 3.29. The van der Waals surface area contributed by atoms with Crippen molar-refractivity contribution in [1.82, 2.24) is 29.6 Å². The Kier molecular flexibility index (Phi) is 6.68. The van der Waals surface area contributed by atoms with E-state index < -0.39 is 12.7 Å². The molecule has 6 rings (SSSR count). The molecule has 0 bridgehead atoms. The number of carbonyl (C=O) groups excluding carboxylic acids is 3. The SMILES string of the molecule is CC(=O)c1nn(CC(=O)N2C3C[C@]3(C)C[C@H]2C(=O)Nc2cccc(Br)n2)c2c(CF)cc(-c3cnc(C)nc3)cc12. The fourth-order valence-electron chi connectivity index (χ4n) is 5.85. The third kappa shape index (κ3) is 4.90. The van der Waals surface area contributed by atoms with E-state index in [1.807, 2.05) is 0 Å². The van der Waals surface area contributed by atoms with Crippen molar-refractivity contribution in [2.24, 2.45) is 5.41 Å². The summed E-state index contributed by atoms with van der Waals surface area (Å²) in [6.45, 7) is 4.15. The van der Waals surface area contributed by atoms with Gasteiger partial charge in [0.1, 0.15) is 41.2 Å². The highest BCUT2D eigenvalue weighted by atomic mass is 79.9. The van der Waals surface area contributed by atoms with Gasteiger partial charge in [0.2, 0.25) is 11.8 Å². The van der Waals surface area contributed by atoms with Gasteiger partial charge < -0.3 is 10.2 Å². The van der Waals surface area contributed by atoms with Crippen LogP contribution in [-0.2, 0) is 22.8 Å². The molecule has 1 saturated heterocycles. The van der Waals surface area contributed by atoms with Gasteiger partial charge in [-0.25, -0.2) is 19.3 Å². The third-order valence-electron chi connectivity index (χ3n) is 7.99. The normalized spacial score (nSPS) is 21.1. The second kappa shape index (κ2) is 10.1. The number of benzene rings is 1. The van der Waals surface area contributed by atoms with Crippen LogP contribution in [0.5, 0.6) is 0 Å². The van der Waals surface area contributed by atoms with Gasteiger partial charge in [0.15, 0.2) is 5.78 Å². The molecule has 3 atom stereocenters. The summed E-state index contributed by atoms with van der Waals surface area (Å²) in [6.07, 6.45) is 4.61. The Morgan fingerprint density at radius 2 is 1.90 bits per heavy atom. The number of alkyl halides is 1. The fourth-order valence-corrected chi connectivity index (χ4v) is 6.19. The minimum absolute atomic E-state index is 0.0795. The summed E-state index contributed by atoms with van der Waals surface area (Å²) in [5.41, 5.74) is 1.98. The number of hydrogen-bond acceptors (Lipinski definition) is 7. The molecule has 2 fully saturated rings. The highest BCUT2D eigenvalue weighted by molar-refractivity contribution is 9.10. The third-order valence-corrected chi connectivity index (χ3v) is 8.43. The van der Waals surface area contributed by atoms with E-state index in [2.05, 4.69) is 48.2 Å². The lowest BCUT2D eigenvalue weighted by Crippen LogP contribution is -2.46. The van der Waals surface area contributed by atoms with E-state index in [0.29, 0.717) is 50.3 Å². The molecule has 1 aromatic carbocycles. The zero-order valence-corrected chi connectivity index (χ0v) is 24.3. The first-order chi connectivity index (χ1) is 19.6. The van der Waals surface area contributed by atoms with Crippen LogP contribution in [-0.4, -0.2) is 59.3 Å². The molecule has 41 heavy (non-hydrogen) atoms. The summed E-state index contributed by atoms with van der Waals surface area (Å²) < 4.78 is 16.4. The highest BCUT2D eigenvalue weighted by Gasteiger charge is 2.64. The van der Waals surface area contributed by atoms with Crippen LogP contribution >= 0.6 is 15.9 Å². The number of amides is 2. The molecular weight excluding hydrogens is 593 g/mol.